The highest BCUT2D eigenvalue weighted by atomic mass is 79.9. The number of halogens is 1. The summed E-state index contributed by atoms with van der Waals surface area (Å²) >= 11 is 3.58. The second-order valence-corrected chi connectivity index (χ2v) is 9.46. The van der Waals surface area contributed by atoms with Crippen LogP contribution in [0.15, 0.2) is 101 Å². The molecule has 0 fully saturated rings. The first kappa shape index (κ1) is 28.7. The van der Waals surface area contributed by atoms with Gasteiger partial charge in [-0.25, -0.2) is 5.43 Å². The third-order valence-corrected chi connectivity index (χ3v) is 6.27. The molecule has 0 saturated heterocycles. The Labute approximate surface area is 242 Å². The minimum absolute atomic E-state index is 0.376. The summed E-state index contributed by atoms with van der Waals surface area (Å²) in [6, 6.07) is 28.5. The van der Waals surface area contributed by atoms with Crippen LogP contribution in [-0.2, 0) is 13.2 Å². The van der Waals surface area contributed by atoms with Crippen LogP contribution in [0.5, 0.6) is 23.0 Å². The van der Waals surface area contributed by atoms with Crippen molar-refractivity contribution in [2.24, 2.45) is 5.10 Å². The highest BCUT2D eigenvalue weighted by Gasteiger charge is 2.14. The molecule has 0 aliphatic heterocycles. The Morgan fingerprint density at radius 3 is 2.02 bits per heavy atom. The first-order chi connectivity index (χ1) is 19.6. The number of rotatable bonds is 13. The molecule has 206 valence electrons. The van der Waals surface area contributed by atoms with E-state index in [9.17, 15) is 4.79 Å². The van der Waals surface area contributed by atoms with Gasteiger partial charge in [-0.3, -0.25) is 4.79 Å². The Balaban J connectivity index is 1.42. The van der Waals surface area contributed by atoms with Crippen LogP contribution in [0.1, 0.15) is 40.9 Å². The molecule has 40 heavy (non-hydrogen) atoms. The fourth-order valence-corrected chi connectivity index (χ4v) is 4.37. The van der Waals surface area contributed by atoms with E-state index >= 15 is 0 Å². The molecule has 7 nitrogen and oxygen atoms in total. The number of carbonyl (C=O) groups excluding carboxylic acids is 1. The topological polar surface area (TPSA) is 78.4 Å². The predicted molar refractivity (Wildman–Crippen MR) is 160 cm³/mol. The van der Waals surface area contributed by atoms with Gasteiger partial charge in [-0.05, 0) is 76.8 Å². The molecule has 8 heteroatoms. The van der Waals surface area contributed by atoms with Gasteiger partial charge in [0, 0.05) is 5.56 Å². The molecule has 0 radical (unpaired) electrons. The Hall–Kier alpha value is -4.30. The molecule has 0 aliphatic carbocycles. The second kappa shape index (κ2) is 14.7. The molecular formula is C32H31BrN2O5. The third-order valence-electron chi connectivity index (χ3n) is 5.68. The van der Waals surface area contributed by atoms with E-state index in [1.54, 1.807) is 24.4 Å². The number of hydrazone groups is 1. The van der Waals surface area contributed by atoms with Crippen molar-refractivity contribution < 1.29 is 23.7 Å². The average Bonchev–Trinajstić information content (AvgIpc) is 2.97. The third kappa shape index (κ3) is 8.10. The van der Waals surface area contributed by atoms with Crippen LogP contribution in [-0.4, -0.2) is 25.3 Å². The van der Waals surface area contributed by atoms with Crippen molar-refractivity contribution in [1.82, 2.24) is 5.43 Å². The lowest BCUT2D eigenvalue weighted by molar-refractivity contribution is 0.0954. The van der Waals surface area contributed by atoms with E-state index in [0.717, 1.165) is 21.2 Å². The van der Waals surface area contributed by atoms with Crippen molar-refractivity contribution in [3.8, 4) is 23.0 Å². The minimum Gasteiger partial charge on any atom is -0.490 e. The minimum atomic E-state index is -0.376. The number of carbonyl (C=O) groups is 1. The highest BCUT2D eigenvalue weighted by Crippen LogP contribution is 2.37. The molecule has 0 unspecified atom stereocenters. The first-order valence-electron chi connectivity index (χ1n) is 13.0. The Morgan fingerprint density at radius 1 is 0.750 bits per heavy atom. The van der Waals surface area contributed by atoms with E-state index in [1.807, 2.05) is 86.6 Å². The van der Waals surface area contributed by atoms with Gasteiger partial charge < -0.3 is 18.9 Å². The number of hydrogen-bond acceptors (Lipinski definition) is 6. The monoisotopic (exact) mass is 602 g/mol. The van der Waals surface area contributed by atoms with Crippen LogP contribution in [0, 0.1) is 0 Å². The molecule has 4 rings (SSSR count). The highest BCUT2D eigenvalue weighted by molar-refractivity contribution is 9.10. The maximum Gasteiger partial charge on any atom is 0.271 e. The van der Waals surface area contributed by atoms with Crippen molar-refractivity contribution >= 4 is 28.1 Å². The number of nitrogens with zero attached hydrogens (tertiary/aromatic N) is 1. The quantitative estimate of drug-likeness (QED) is 0.130. The molecule has 4 aromatic carbocycles. The SMILES string of the molecule is CCOc1cc(C(=O)N/N=C/c2cc(Br)c(OCc3ccccc3)c(OCC)c2)ccc1OCc1ccccc1. The summed E-state index contributed by atoms with van der Waals surface area (Å²) in [5.74, 6) is 1.86. The Kier molecular flexibility index (Phi) is 10.6. The molecule has 0 heterocycles. The van der Waals surface area contributed by atoms with Crippen LogP contribution in [0.2, 0.25) is 0 Å². The summed E-state index contributed by atoms with van der Waals surface area (Å²) in [6.07, 6.45) is 1.55. The zero-order valence-electron chi connectivity index (χ0n) is 22.4. The average molecular weight is 604 g/mol. The van der Waals surface area contributed by atoms with Gasteiger partial charge in [0.1, 0.15) is 13.2 Å². The van der Waals surface area contributed by atoms with Gasteiger partial charge in [0.25, 0.3) is 5.91 Å². The fourth-order valence-electron chi connectivity index (χ4n) is 3.80. The van der Waals surface area contributed by atoms with Crippen molar-refractivity contribution in [3.63, 3.8) is 0 Å². The van der Waals surface area contributed by atoms with E-state index in [4.69, 9.17) is 18.9 Å². The van der Waals surface area contributed by atoms with E-state index in [1.165, 1.54) is 0 Å². The van der Waals surface area contributed by atoms with E-state index in [0.29, 0.717) is 55.0 Å². The molecular weight excluding hydrogens is 572 g/mol. The molecule has 0 aliphatic rings. The van der Waals surface area contributed by atoms with Gasteiger partial charge in [0.05, 0.1) is 23.9 Å². The van der Waals surface area contributed by atoms with Gasteiger partial charge >= 0.3 is 0 Å². The van der Waals surface area contributed by atoms with Gasteiger partial charge in [-0.15, -0.1) is 0 Å². The van der Waals surface area contributed by atoms with E-state index in [-0.39, 0.29) is 5.91 Å². The lowest BCUT2D eigenvalue weighted by Gasteiger charge is -2.14. The van der Waals surface area contributed by atoms with Crippen molar-refractivity contribution in [3.05, 3.63) is 118 Å². The van der Waals surface area contributed by atoms with Crippen LogP contribution in [0.4, 0.5) is 0 Å². The van der Waals surface area contributed by atoms with Crippen LogP contribution in [0.25, 0.3) is 0 Å². The summed E-state index contributed by atoms with van der Waals surface area (Å²) in [5.41, 5.74) is 5.78. The van der Waals surface area contributed by atoms with Crippen molar-refractivity contribution in [2.45, 2.75) is 27.1 Å². The number of benzene rings is 4. The predicted octanol–water partition coefficient (Wildman–Crippen LogP) is 7.17. The fraction of sp³-hybridized carbons (Fsp3) is 0.188. The summed E-state index contributed by atoms with van der Waals surface area (Å²) in [7, 11) is 0. The van der Waals surface area contributed by atoms with Crippen LogP contribution in [0.3, 0.4) is 0 Å². The number of nitrogens with one attached hydrogen (secondary N) is 1. The van der Waals surface area contributed by atoms with Crippen molar-refractivity contribution in [2.75, 3.05) is 13.2 Å². The molecule has 4 aromatic rings. The normalized spacial score (nSPS) is 10.8. The zero-order chi connectivity index (χ0) is 28.2. The number of ether oxygens (including phenoxy) is 4. The Morgan fingerprint density at radius 2 is 1.38 bits per heavy atom. The molecule has 0 spiro atoms. The van der Waals surface area contributed by atoms with E-state index in [2.05, 4.69) is 26.5 Å². The van der Waals surface area contributed by atoms with Gasteiger partial charge in [-0.2, -0.15) is 5.10 Å². The lowest BCUT2D eigenvalue weighted by Crippen LogP contribution is -2.17. The molecule has 0 atom stereocenters. The zero-order valence-corrected chi connectivity index (χ0v) is 24.0. The van der Waals surface area contributed by atoms with Gasteiger partial charge in [0.2, 0.25) is 0 Å². The summed E-state index contributed by atoms with van der Waals surface area (Å²) in [4.78, 5) is 12.8. The maximum atomic E-state index is 12.8. The maximum absolute atomic E-state index is 12.8. The van der Waals surface area contributed by atoms with Gasteiger partial charge in [-0.1, -0.05) is 60.7 Å². The lowest BCUT2D eigenvalue weighted by atomic mass is 10.2. The summed E-state index contributed by atoms with van der Waals surface area (Å²) in [5, 5.41) is 4.14. The standard InChI is InChI=1S/C32H31BrN2O5/c1-3-37-29-19-26(15-16-28(29)39-21-23-11-7-5-8-12-23)32(36)35-34-20-25-17-27(33)31(30(18-25)38-4-2)40-22-24-13-9-6-10-14-24/h5-20H,3-4,21-22H2,1-2H3,(H,35,36)/b34-20+. The molecule has 0 saturated carbocycles. The number of hydrogen-bond donors (Lipinski definition) is 1. The van der Waals surface area contributed by atoms with E-state index < -0.39 is 0 Å². The molecule has 0 aromatic heterocycles. The Bertz CT molecular complexity index is 1430. The second-order valence-electron chi connectivity index (χ2n) is 8.61. The summed E-state index contributed by atoms with van der Waals surface area (Å²) < 4.78 is 24.2. The smallest absolute Gasteiger partial charge is 0.271 e. The van der Waals surface area contributed by atoms with Crippen LogP contribution >= 0.6 is 15.9 Å². The van der Waals surface area contributed by atoms with Crippen molar-refractivity contribution in [1.29, 1.82) is 0 Å². The molecule has 0 bridgehead atoms. The van der Waals surface area contributed by atoms with Gasteiger partial charge in [0.15, 0.2) is 23.0 Å². The summed E-state index contributed by atoms with van der Waals surface area (Å²) in [6.45, 7) is 5.50. The largest absolute Gasteiger partial charge is 0.490 e. The first-order valence-corrected chi connectivity index (χ1v) is 13.8. The van der Waals surface area contributed by atoms with Crippen LogP contribution < -0.4 is 24.4 Å². The molecule has 1 N–H and O–H groups in total. The number of amides is 1. The molecule has 1 amide bonds.